The highest BCUT2D eigenvalue weighted by Gasteiger charge is 2.09. The lowest BCUT2D eigenvalue weighted by atomic mass is 10.2. The third-order valence-electron chi connectivity index (χ3n) is 3.63. The molecule has 0 aliphatic carbocycles. The molecular weight excluding hydrogens is 316 g/mol. The van der Waals surface area contributed by atoms with E-state index in [2.05, 4.69) is 25.5 Å². The van der Waals surface area contributed by atoms with Crippen LogP contribution in [0.15, 0.2) is 36.7 Å². The van der Waals surface area contributed by atoms with Crippen molar-refractivity contribution in [3.63, 3.8) is 0 Å². The molecule has 2 aromatic rings. The smallest absolute Gasteiger partial charge is 0.274 e. The number of amides is 1. The standard InChI is InChI=1S/C18H26N6O/c1-23(2)11-5-10-19-17-12-16(20-13-21-17)18(25)22-14-6-8-15(9-7-14)24(3)4/h6-9,12-13H,5,10-11H2,1-4H3,(H,22,25)(H,19,20,21). The third-order valence-corrected chi connectivity index (χ3v) is 3.63. The molecule has 134 valence electrons. The minimum atomic E-state index is -0.253. The maximum Gasteiger partial charge on any atom is 0.274 e. The normalized spacial score (nSPS) is 10.6. The first-order valence-corrected chi connectivity index (χ1v) is 8.25. The minimum absolute atomic E-state index is 0.253. The second kappa shape index (κ2) is 8.98. The van der Waals surface area contributed by atoms with Crippen LogP contribution in [0.4, 0.5) is 17.2 Å². The molecule has 2 rings (SSSR count). The molecule has 1 aromatic heterocycles. The van der Waals surface area contributed by atoms with Gasteiger partial charge in [0.2, 0.25) is 0 Å². The number of carbonyl (C=O) groups excluding carboxylic acids is 1. The number of hydrogen-bond acceptors (Lipinski definition) is 6. The van der Waals surface area contributed by atoms with Gasteiger partial charge in [0.25, 0.3) is 5.91 Å². The van der Waals surface area contributed by atoms with Crippen molar-refractivity contribution in [1.82, 2.24) is 14.9 Å². The van der Waals surface area contributed by atoms with Crippen LogP contribution in [0.5, 0.6) is 0 Å². The lowest BCUT2D eigenvalue weighted by Gasteiger charge is -2.13. The zero-order valence-corrected chi connectivity index (χ0v) is 15.3. The first-order chi connectivity index (χ1) is 12.0. The van der Waals surface area contributed by atoms with E-state index in [1.807, 2.05) is 57.4 Å². The monoisotopic (exact) mass is 342 g/mol. The Labute approximate surface area is 149 Å². The maximum absolute atomic E-state index is 12.4. The Morgan fingerprint density at radius 2 is 1.80 bits per heavy atom. The summed E-state index contributed by atoms with van der Waals surface area (Å²) in [5, 5.41) is 6.07. The average molecular weight is 342 g/mol. The van der Waals surface area contributed by atoms with Gasteiger partial charge in [0.15, 0.2) is 0 Å². The lowest BCUT2D eigenvalue weighted by molar-refractivity contribution is 0.102. The molecule has 0 fully saturated rings. The van der Waals surface area contributed by atoms with Crippen LogP contribution < -0.4 is 15.5 Å². The predicted molar refractivity (Wildman–Crippen MR) is 102 cm³/mol. The summed E-state index contributed by atoms with van der Waals surface area (Å²) in [6.07, 6.45) is 2.40. The Bertz CT molecular complexity index is 684. The van der Waals surface area contributed by atoms with Gasteiger partial charge in [0, 0.05) is 38.1 Å². The summed E-state index contributed by atoms with van der Waals surface area (Å²) in [6, 6.07) is 9.31. The highest BCUT2D eigenvalue weighted by Crippen LogP contribution is 2.16. The van der Waals surface area contributed by atoms with Gasteiger partial charge in [-0.05, 0) is 51.3 Å². The molecule has 7 heteroatoms. The van der Waals surface area contributed by atoms with Gasteiger partial charge < -0.3 is 20.4 Å². The van der Waals surface area contributed by atoms with Crippen LogP contribution in [0, 0.1) is 0 Å². The Morgan fingerprint density at radius 3 is 2.44 bits per heavy atom. The molecular formula is C18H26N6O. The molecule has 0 saturated heterocycles. The highest BCUT2D eigenvalue weighted by molar-refractivity contribution is 6.03. The minimum Gasteiger partial charge on any atom is -0.378 e. The summed E-state index contributed by atoms with van der Waals surface area (Å²) in [6.45, 7) is 1.79. The number of hydrogen-bond donors (Lipinski definition) is 2. The summed E-state index contributed by atoms with van der Waals surface area (Å²) < 4.78 is 0. The number of nitrogens with zero attached hydrogens (tertiary/aromatic N) is 4. The summed E-state index contributed by atoms with van der Waals surface area (Å²) in [7, 11) is 8.03. The number of benzene rings is 1. The van der Waals surface area contributed by atoms with E-state index in [9.17, 15) is 4.79 Å². The number of anilines is 3. The quantitative estimate of drug-likeness (QED) is 0.716. The van der Waals surface area contributed by atoms with Crippen molar-refractivity contribution in [1.29, 1.82) is 0 Å². The Balaban J connectivity index is 1.93. The van der Waals surface area contributed by atoms with Gasteiger partial charge in [-0.1, -0.05) is 0 Å². The Morgan fingerprint density at radius 1 is 1.08 bits per heavy atom. The van der Waals surface area contributed by atoms with Crippen LogP contribution in [0.2, 0.25) is 0 Å². The molecule has 0 radical (unpaired) electrons. The van der Waals surface area contributed by atoms with Crippen molar-refractivity contribution in [3.05, 3.63) is 42.4 Å². The van der Waals surface area contributed by atoms with Crippen molar-refractivity contribution < 1.29 is 4.79 Å². The lowest BCUT2D eigenvalue weighted by Crippen LogP contribution is -2.17. The van der Waals surface area contributed by atoms with E-state index in [1.165, 1.54) is 6.33 Å². The van der Waals surface area contributed by atoms with Gasteiger partial charge in [-0.2, -0.15) is 0 Å². The summed E-state index contributed by atoms with van der Waals surface area (Å²) >= 11 is 0. The summed E-state index contributed by atoms with van der Waals surface area (Å²) in [5.74, 6) is 0.401. The average Bonchev–Trinajstić information content (AvgIpc) is 2.59. The highest BCUT2D eigenvalue weighted by atomic mass is 16.1. The molecule has 25 heavy (non-hydrogen) atoms. The van der Waals surface area contributed by atoms with Gasteiger partial charge in [-0.3, -0.25) is 4.79 Å². The topological polar surface area (TPSA) is 73.4 Å². The van der Waals surface area contributed by atoms with Crippen molar-refractivity contribution in [2.75, 3.05) is 56.8 Å². The van der Waals surface area contributed by atoms with E-state index in [1.54, 1.807) is 6.07 Å². The molecule has 0 spiro atoms. The van der Waals surface area contributed by atoms with Crippen LogP contribution in [0.25, 0.3) is 0 Å². The zero-order chi connectivity index (χ0) is 18.2. The van der Waals surface area contributed by atoms with Crippen molar-refractivity contribution in [2.24, 2.45) is 0 Å². The van der Waals surface area contributed by atoms with Crippen LogP contribution in [0.1, 0.15) is 16.9 Å². The van der Waals surface area contributed by atoms with Gasteiger partial charge in [0.1, 0.15) is 17.8 Å². The van der Waals surface area contributed by atoms with E-state index < -0.39 is 0 Å². The fourth-order valence-electron chi connectivity index (χ4n) is 2.23. The molecule has 0 atom stereocenters. The van der Waals surface area contributed by atoms with E-state index in [0.717, 1.165) is 30.9 Å². The van der Waals surface area contributed by atoms with Gasteiger partial charge in [0.05, 0.1) is 0 Å². The van der Waals surface area contributed by atoms with Crippen molar-refractivity contribution >= 4 is 23.1 Å². The molecule has 0 bridgehead atoms. The van der Waals surface area contributed by atoms with Crippen LogP contribution in [-0.2, 0) is 0 Å². The van der Waals surface area contributed by atoms with E-state index in [4.69, 9.17) is 0 Å². The third kappa shape index (κ3) is 6.04. The van der Waals surface area contributed by atoms with Crippen molar-refractivity contribution in [2.45, 2.75) is 6.42 Å². The fourth-order valence-corrected chi connectivity index (χ4v) is 2.23. The van der Waals surface area contributed by atoms with Gasteiger partial charge in [-0.15, -0.1) is 0 Å². The number of nitrogens with one attached hydrogen (secondary N) is 2. The van der Waals surface area contributed by atoms with E-state index in [0.29, 0.717) is 11.5 Å². The molecule has 1 heterocycles. The van der Waals surface area contributed by atoms with Gasteiger partial charge in [-0.25, -0.2) is 9.97 Å². The Hall–Kier alpha value is -2.67. The first kappa shape index (κ1) is 18.7. The molecule has 1 aromatic carbocycles. The Kier molecular flexibility index (Phi) is 6.71. The zero-order valence-electron chi connectivity index (χ0n) is 15.3. The second-order valence-corrected chi connectivity index (χ2v) is 6.27. The number of aromatic nitrogens is 2. The molecule has 0 aliphatic heterocycles. The SMILES string of the molecule is CN(C)CCCNc1cc(C(=O)Nc2ccc(N(C)C)cc2)ncn1. The van der Waals surface area contributed by atoms with Gasteiger partial charge >= 0.3 is 0 Å². The number of rotatable bonds is 8. The molecule has 0 aliphatic rings. The molecule has 0 saturated carbocycles. The molecule has 0 unspecified atom stereocenters. The maximum atomic E-state index is 12.4. The number of carbonyl (C=O) groups is 1. The largest absolute Gasteiger partial charge is 0.378 e. The molecule has 1 amide bonds. The predicted octanol–water partition coefficient (Wildman–Crippen LogP) is 2.16. The van der Waals surface area contributed by atoms with E-state index in [-0.39, 0.29) is 5.91 Å². The van der Waals surface area contributed by atoms with Crippen molar-refractivity contribution in [3.8, 4) is 0 Å². The molecule has 2 N–H and O–H groups in total. The summed E-state index contributed by atoms with van der Waals surface area (Å²) in [5.41, 5.74) is 2.14. The van der Waals surface area contributed by atoms with Crippen LogP contribution in [-0.4, -0.2) is 62.1 Å². The second-order valence-electron chi connectivity index (χ2n) is 6.27. The van der Waals surface area contributed by atoms with Crippen LogP contribution in [0.3, 0.4) is 0 Å². The summed E-state index contributed by atoms with van der Waals surface area (Å²) in [4.78, 5) is 24.7. The molecule has 7 nitrogen and oxygen atoms in total. The van der Waals surface area contributed by atoms with E-state index >= 15 is 0 Å². The fraction of sp³-hybridized carbons (Fsp3) is 0.389. The first-order valence-electron chi connectivity index (χ1n) is 8.25. The van der Waals surface area contributed by atoms with Crippen LogP contribution >= 0.6 is 0 Å².